The normalized spacial score (nSPS) is 12.0. The van der Waals surface area contributed by atoms with Crippen LogP contribution in [0.4, 0.5) is 0 Å². The fourth-order valence-electron chi connectivity index (χ4n) is 2.79. The highest BCUT2D eigenvalue weighted by Crippen LogP contribution is 2.37. The molecule has 1 unspecified atom stereocenters. The highest BCUT2D eigenvalue weighted by molar-refractivity contribution is 5.52. The summed E-state index contributed by atoms with van der Waals surface area (Å²) in [6.07, 6.45) is 1.78. The molecule has 0 saturated heterocycles. The SMILES string of the molecule is C=CCc1c(C(O)CNC(C)C)ccc(OC)c1OCc1ccccc1. The third-order valence-electron chi connectivity index (χ3n) is 4.13. The minimum atomic E-state index is -0.627. The zero-order valence-corrected chi connectivity index (χ0v) is 15.9. The second kappa shape index (κ2) is 10.00. The molecule has 2 N–H and O–H groups in total. The van der Waals surface area contributed by atoms with Gasteiger partial charge >= 0.3 is 0 Å². The van der Waals surface area contributed by atoms with Crippen LogP contribution in [0.25, 0.3) is 0 Å². The summed E-state index contributed by atoms with van der Waals surface area (Å²) in [6.45, 7) is 8.88. The number of aliphatic hydroxyl groups excluding tert-OH is 1. The standard InChI is InChI=1S/C22H29NO3/c1-5-9-19-18(20(24)14-23-16(2)3)12-13-21(25-4)22(19)26-15-17-10-7-6-8-11-17/h5-8,10-13,16,20,23-24H,1,9,14-15H2,2-4H3. The van der Waals surface area contributed by atoms with Crippen molar-refractivity contribution in [3.63, 3.8) is 0 Å². The predicted molar refractivity (Wildman–Crippen MR) is 106 cm³/mol. The maximum Gasteiger partial charge on any atom is 0.165 e. The average Bonchev–Trinajstić information content (AvgIpc) is 2.65. The van der Waals surface area contributed by atoms with Crippen LogP contribution in [0, 0.1) is 0 Å². The van der Waals surface area contributed by atoms with Crippen LogP contribution in [-0.2, 0) is 13.0 Å². The Morgan fingerprint density at radius 3 is 2.50 bits per heavy atom. The average molecular weight is 355 g/mol. The van der Waals surface area contributed by atoms with E-state index in [-0.39, 0.29) is 0 Å². The van der Waals surface area contributed by atoms with Crippen LogP contribution in [0.5, 0.6) is 11.5 Å². The molecule has 1 atom stereocenters. The highest BCUT2D eigenvalue weighted by atomic mass is 16.5. The Morgan fingerprint density at radius 2 is 1.88 bits per heavy atom. The molecule has 0 aliphatic carbocycles. The second-order valence-electron chi connectivity index (χ2n) is 6.51. The van der Waals surface area contributed by atoms with Crippen LogP contribution in [0.3, 0.4) is 0 Å². The minimum Gasteiger partial charge on any atom is -0.493 e. The third-order valence-corrected chi connectivity index (χ3v) is 4.13. The molecule has 0 aromatic heterocycles. The summed E-state index contributed by atoms with van der Waals surface area (Å²) < 4.78 is 11.6. The summed E-state index contributed by atoms with van der Waals surface area (Å²) in [5.74, 6) is 1.32. The van der Waals surface area contributed by atoms with E-state index in [9.17, 15) is 5.11 Å². The summed E-state index contributed by atoms with van der Waals surface area (Å²) in [5.41, 5.74) is 2.82. The molecule has 4 heteroatoms. The van der Waals surface area contributed by atoms with E-state index in [1.165, 1.54) is 0 Å². The van der Waals surface area contributed by atoms with Gasteiger partial charge in [-0.05, 0) is 23.6 Å². The van der Waals surface area contributed by atoms with E-state index >= 15 is 0 Å². The molecular weight excluding hydrogens is 326 g/mol. The van der Waals surface area contributed by atoms with Gasteiger partial charge in [0.1, 0.15) is 6.61 Å². The van der Waals surface area contributed by atoms with Gasteiger partial charge in [0.25, 0.3) is 0 Å². The summed E-state index contributed by atoms with van der Waals surface area (Å²) >= 11 is 0. The molecule has 2 aromatic rings. The monoisotopic (exact) mass is 355 g/mol. The van der Waals surface area contributed by atoms with Crippen LogP contribution >= 0.6 is 0 Å². The van der Waals surface area contributed by atoms with Gasteiger partial charge in [-0.25, -0.2) is 0 Å². The van der Waals surface area contributed by atoms with E-state index < -0.39 is 6.10 Å². The quantitative estimate of drug-likeness (QED) is 0.632. The number of nitrogens with one attached hydrogen (secondary N) is 1. The number of ether oxygens (including phenoxy) is 2. The molecule has 0 heterocycles. The van der Waals surface area contributed by atoms with Crippen LogP contribution < -0.4 is 14.8 Å². The number of hydrogen-bond acceptors (Lipinski definition) is 4. The highest BCUT2D eigenvalue weighted by Gasteiger charge is 2.20. The summed E-state index contributed by atoms with van der Waals surface area (Å²) in [4.78, 5) is 0. The van der Waals surface area contributed by atoms with Gasteiger partial charge in [0.2, 0.25) is 0 Å². The minimum absolute atomic E-state index is 0.305. The lowest BCUT2D eigenvalue weighted by Gasteiger charge is -2.22. The van der Waals surface area contributed by atoms with E-state index in [0.717, 1.165) is 16.7 Å². The third kappa shape index (κ3) is 5.35. The topological polar surface area (TPSA) is 50.7 Å². The molecule has 0 bridgehead atoms. The Bertz CT molecular complexity index is 698. The predicted octanol–water partition coefficient (Wildman–Crippen LogP) is 4.03. The first-order chi connectivity index (χ1) is 12.6. The zero-order chi connectivity index (χ0) is 18.9. The van der Waals surface area contributed by atoms with Crippen molar-refractivity contribution in [1.29, 1.82) is 0 Å². The van der Waals surface area contributed by atoms with Gasteiger partial charge in [0.15, 0.2) is 11.5 Å². The van der Waals surface area contributed by atoms with Crippen LogP contribution in [0.1, 0.15) is 36.6 Å². The zero-order valence-electron chi connectivity index (χ0n) is 15.9. The Hall–Kier alpha value is -2.30. The van der Waals surface area contributed by atoms with E-state index in [2.05, 4.69) is 25.7 Å². The number of rotatable bonds is 10. The van der Waals surface area contributed by atoms with Crippen molar-refractivity contribution in [2.24, 2.45) is 0 Å². The summed E-state index contributed by atoms with van der Waals surface area (Å²) in [7, 11) is 1.62. The van der Waals surface area contributed by atoms with Gasteiger partial charge in [-0.15, -0.1) is 6.58 Å². The molecule has 26 heavy (non-hydrogen) atoms. The fourth-order valence-corrected chi connectivity index (χ4v) is 2.79. The number of hydrogen-bond donors (Lipinski definition) is 2. The van der Waals surface area contributed by atoms with Crippen molar-refractivity contribution in [3.8, 4) is 11.5 Å². The van der Waals surface area contributed by atoms with Gasteiger partial charge in [0.05, 0.1) is 13.2 Å². The summed E-state index contributed by atoms with van der Waals surface area (Å²) in [5, 5.41) is 13.9. The fraction of sp³-hybridized carbons (Fsp3) is 0.364. The molecule has 2 rings (SSSR count). The van der Waals surface area contributed by atoms with Crippen molar-refractivity contribution < 1.29 is 14.6 Å². The molecule has 0 spiro atoms. The van der Waals surface area contributed by atoms with Crippen LogP contribution in [0.2, 0.25) is 0 Å². The molecule has 0 aliphatic rings. The molecule has 0 radical (unpaired) electrons. The molecular formula is C22H29NO3. The number of methoxy groups -OCH3 is 1. The number of aliphatic hydroxyl groups is 1. The molecule has 4 nitrogen and oxygen atoms in total. The van der Waals surface area contributed by atoms with Gasteiger partial charge in [-0.2, -0.15) is 0 Å². The van der Waals surface area contributed by atoms with E-state index in [1.807, 2.05) is 48.5 Å². The maximum absolute atomic E-state index is 10.7. The Morgan fingerprint density at radius 1 is 1.15 bits per heavy atom. The largest absolute Gasteiger partial charge is 0.493 e. The molecule has 2 aromatic carbocycles. The van der Waals surface area contributed by atoms with Gasteiger partial charge in [-0.3, -0.25) is 0 Å². The van der Waals surface area contributed by atoms with E-state index in [4.69, 9.17) is 9.47 Å². The Kier molecular flexibility index (Phi) is 7.70. The maximum atomic E-state index is 10.7. The van der Waals surface area contributed by atoms with Gasteiger partial charge in [0, 0.05) is 18.2 Å². The van der Waals surface area contributed by atoms with Crippen molar-refractivity contribution in [1.82, 2.24) is 5.32 Å². The lowest BCUT2D eigenvalue weighted by molar-refractivity contribution is 0.169. The van der Waals surface area contributed by atoms with Crippen molar-refractivity contribution in [2.75, 3.05) is 13.7 Å². The smallest absolute Gasteiger partial charge is 0.165 e. The van der Waals surface area contributed by atoms with Gasteiger partial charge in [-0.1, -0.05) is 56.3 Å². The van der Waals surface area contributed by atoms with Crippen molar-refractivity contribution >= 4 is 0 Å². The lowest BCUT2D eigenvalue weighted by Crippen LogP contribution is -2.28. The lowest BCUT2D eigenvalue weighted by atomic mass is 9.97. The Labute approximate surface area is 156 Å². The first-order valence-corrected chi connectivity index (χ1v) is 8.95. The number of benzene rings is 2. The first-order valence-electron chi connectivity index (χ1n) is 8.95. The Balaban J connectivity index is 2.33. The van der Waals surface area contributed by atoms with Crippen LogP contribution in [-0.4, -0.2) is 24.8 Å². The van der Waals surface area contributed by atoms with Crippen molar-refractivity contribution in [3.05, 3.63) is 71.8 Å². The molecule has 0 fully saturated rings. The first kappa shape index (κ1) is 20.0. The number of allylic oxidation sites excluding steroid dienone is 1. The summed E-state index contributed by atoms with van der Waals surface area (Å²) in [6, 6.07) is 14.0. The second-order valence-corrected chi connectivity index (χ2v) is 6.51. The van der Waals surface area contributed by atoms with Gasteiger partial charge < -0.3 is 19.9 Å². The molecule has 0 saturated carbocycles. The van der Waals surface area contributed by atoms with Crippen LogP contribution in [0.15, 0.2) is 55.1 Å². The van der Waals surface area contributed by atoms with Crippen molar-refractivity contribution in [2.45, 2.75) is 39.0 Å². The molecule has 0 aliphatic heterocycles. The molecule has 0 amide bonds. The van der Waals surface area contributed by atoms with E-state index in [1.54, 1.807) is 7.11 Å². The van der Waals surface area contributed by atoms with E-state index in [0.29, 0.717) is 37.1 Å². The molecule has 140 valence electrons.